The van der Waals surface area contributed by atoms with Crippen molar-refractivity contribution in [3.8, 4) is 0 Å². The highest BCUT2D eigenvalue weighted by molar-refractivity contribution is 6.54. The maximum atomic E-state index is 5.93. The molecule has 6 aromatic rings. The van der Waals surface area contributed by atoms with Crippen LogP contribution in [0.25, 0.3) is 5.70 Å². The molecule has 1 unspecified atom stereocenters. The van der Waals surface area contributed by atoms with E-state index in [2.05, 4.69) is 188 Å². The number of nitrogens with zero attached hydrogens (tertiary/aromatic N) is 3. The van der Waals surface area contributed by atoms with E-state index in [9.17, 15) is 0 Å². The molecule has 2 aliphatic heterocycles. The molecule has 2 aliphatic rings. The predicted octanol–water partition coefficient (Wildman–Crippen LogP) is 9.41. The molecule has 0 aromatic heterocycles. The molecule has 0 saturated carbocycles. The second-order valence-electron chi connectivity index (χ2n) is 12.4. The normalized spacial score (nSPS) is 18.1. The van der Waals surface area contributed by atoms with Crippen molar-refractivity contribution in [2.24, 2.45) is 9.98 Å². The number of aryl methyl sites for hydroxylation is 2. The summed E-state index contributed by atoms with van der Waals surface area (Å²) >= 11 is 0. The average Bonchev–Trinajstić information content (AvgIpc) is 3.76. The zero-order valence-corrected chi connectivity index (χ0v) is 27.1. The largest absolute Gasteiger partial charge is 0.359 e. The summed E-state index contributed by atoms with van der Waals surface area (Å²) in [5.74, 6) is 0. The molecule has 0 saturated heterocycles. The average molecular weight is 621 g/mol. The molecule has 0 aliphatic carbocycles. The van der Waals surface area contributed by atoms with Gasteiger partial charge in [-0.15, -0.1) is 0 Å². The molecule has 4 heteroatoms. The van der Waals surface area contributed by atoms with E-state index < -0.39 is 11.3 Å². The second-order valence-corrected chi connectivity index (χ2v) is 12.4. The van der Waals surface area contributed by atoms with Crippen molar-refractivity contribution in [2.75, 3.05) is 4.90 Å². The molecule has 8 rings (SSSR count). The number of para-hydroxylation sites is 1. The molecule has 0 spiro atoms. The maximum Gasteiger partial charge on any atom is 0.223 e. The summed E-state index contributed by atoms with van der Waals surface area (Å²) < 4.78 is 0. The van der Waals surface area contributed by atoms with Gasteiger partial charge in [0.2, 0.25) is 5.66 Å². The Balaban J connectivity index is 1.54. The molecule has 1 atom stereocenters. The van der Waals surface area contributed by atoms with Gasteiger partial charge < -0.3 is 10.2 Å². The first-order valence-electron chi connectivity index (χ1n) is 16.4. The van der Waals surface area contributed by atoms with E-state index in [1.165, 1.54) is 0 Å². The Morgan fingerprint density at radius 1 is 0.458 bits per heavy atom. The Kier molecular flexibility index (Phi) is 7.34. The van der Waals surface area contributed by atoms with Crippen LogP contribution in [0.15, 0.2) is 186 Å². The smallest absolute Gasteiger partial charge is 0.223 e. The van der Waals surface area contributed by atoms with Crippen LogP contribution in [-0.2, 0) is 11.3 Å². The van der Waals surface area contributed by atoms with Gasteiger partial charge in [0.1, 0.15) is 0 Å². The highest BCUT2D eigenvalue weighted by Crippen LogP contribution is 2.57. The van der Waals surface area contributed by atoms with Crippen LogP contribution < -0.4 is 10.2 Å². The molecule has 232 valence electrons. The molecule has 1 N–H and O–H groups in total. The van der Waals surface area contributed by atoms with Gasteiger partial charge in [-0.05, 0) is 42.7 Å². The number of anilines is 1. The lowest BCUT2D eigenvalue weighted by Crippen LogP contribution is -2.62. The van der Waals surface area contributed by atoms with E-state index in [0.717, 1.165) is 61.8 Å². The summed E-state index contributed by atoms with van der Waals surface area (Å²) in [5, 5.41) is 4.03. The number of nitrogens with one attached hydrogen (secondary N) is 1. The number of hydrogen-bond donors (Lipinski definition) is 1. The third-order valence-electron chi connectivity index (χ3n) is 9.50. The van der Waals surface area contributed by atoms with Crippen LogP contribution in [0.4, 0.5) is 5.69 Å². The van der Waals surface area contributed by atoms with Crippen molar-refractivity contribution in [2.45, 2.75) is 25.2 Å². The zero-order chi connectivity index (χ0) is 32.6. The topological polar surface area (TPSA) is 40.0 Å². The predicted molar refractivity (Wildman–Crippen MR) is 198 cm³/mol. The van der Waals surface area contributed by atoms with Crippen molar-refractivity contribution >= 4 is 22.8 Å². The lowest BCUT2D eigenvalue weighted by Gasteiger charge is -2.50. The van der Waals surface area contributed by atoms with Crippen LogP contribution in [0.5, 0.6) is 0 Å². The fourth-order valence-corrected chi connectivity index (χ4v) is 7.33. The first-order valence-corrected chi connectivity index (χ1v) is 16.4. The van der Waals surface area contributed by atoms with Gasteiger partial charge in [0.15, 0.2) is 5.66 Å². The van der Waals surface area contributed by atoms with Gasteiger partial charge in [0.25, 0.3) is 0 Å². The number of benzene rings is 6. The molecule has 2 heterocycles. The van der Waals surface area contributed by atoms with Gasteiger partial charge in [-0.25, -0.2) is 9.98 Å². The van der Waals surface area contributed by atoms with Gasteiger partial charge in [0, 0.05) is 34.1 Å². The summed E-state index contributed by atoms with van der Waals surface area (Å²) in [7, 11) is 0. The minimum Gasteiger partial charge on any atom is -0.359 e. The first-order chi connectivity index (χ1) is 23.6. The SMILES string of the molecule is Cc1ccccc1C1(C2(c3ccccc3C)NC=C(c3ccccc3)N2c2ccccc2)N=C(c2ccccc2)C(c2ccccc2)=N1. The van der Waals surface area contributed by atoms with Crippen LogP contribution in [0.1, 0.15) is 38.9 Å². The Labute approximate surface area is 282 Å². The van der Waals surface area contributed by atoms with Gasteiger partial charge >= 0.3 is 0 Å². The summed E-state index contributed by atoms with van der Waals surface area (Å²) in [6.45, 7) is 4.36. The Hall–Kier alpha value is -6.00. The standard InChI is InChI=1S/C44H36N4/c1-32-19-15-17-29-38(32)43(46-41(35-23-9-4-10-24-35)42(47-43)36-25-11-5-12-26-36)44(39-30-18-16-20-33(39)2)45-31-40(34-21-7-3-8-22-34)48(44)37-27-13-6-14-28-37/h3-31,45H,1-2H3. The van der Waals surface area contributed by atoms with Gasteiger partial charge in [-0.2, -0.15) is 0 Å². The van der Waals surface area contributed by atoms with Crippen molar-refractivity contribution < 1.29 is 0 Å². The lowest BCUT2D eigenvalue weighted by atomic mass is 9.77. The van der Waals surface area contributed by atoms with Gasteiger partial charge in [0.05, 0.1) is 17.1 Å². The summed E-state index contributed by atoms with van der Waals surface area (Å²) in [6, 6.07) is 59.4. The zero-order valence-electron chi connectivity index (χ0n) is 27.1. The van der Waals surface area contributed by atoms with Crippen molar-refractivity contribution in [3.63, 3.8) is 0 Å². The van der Waals surface area contributed by atoms with Crippen LogP contribution in [-0.4, -0.2) is 11.4 Å². The van der Waals surface area contributed by atoms with Crippen molar-refractivity contribution in [3.05, 3.63) is 215 Å². The van der Waals surface area contributed by atoms with Gasteiger partial charge in [-0.1, -0.05) is 158 Å². The van der Waals surface area contributed by atoms with E-state index in [1.807, 2.05) is 12.1 Å². The molecule has 4 nitrogen and oxygen atoms in total. The summed E-state index contributed by atoms with van der Waals surface area (Å²) in [4.78, 5) is 14.3. The van der Waals surface area contributed by atoms with E-state index in [-0.39, 0.29) is 0 Å². The molecule has 0 radical (unpaired) electrons. The molecular weight excluding hydrogens is 585 g/mol. The number of aliphatic imine (C=N–C) groups is 2. The highest BCUT2D eigenvalue weighted by Gasteiger charge is 2.64. The Morgan fingerprint density at radius 3 is 1.38 bits per heavy atom. The van der Waals surface area contributed by atoms with E-state index in [4.69, 9.17) is 9.98 Å². The Morgan fingerprint density at radius 2 is 0.875 bits per heavy atom. The maximum absolute atomic E-state index is 5.93. The van der Waals surface area contributed by atoms with Crippen LogP contribution in [0, 0.1) is 13.8 Å². The van der Waals surface area contributed by atoms with E-state index in [0.29, 0.717) is 0 Å². The molecule has 0 fully saturated rings. The highest BCUT2D eigenvalue weighted by atomic mass is 15.4. The number of hydrogen-bond acceptors (Lipinski definition) is 4. The monoisotopic (exact) mass is 620 g/mol. The summed E-state index contributed by atoms with van der Waals surface area (Å²) in [6.07, 6.45) is 2.16. The molecule has 48 heavy (non-hydrogen) atoms. The third kappa shape index (κ3) is 4.60. The van der Waals surface area contributed by atoms with Crippen LogP contribution >= 0.6 is 0 Å². The second kappa shape index (κ2) is 12.0. The van der Waals surface area contributed by atoms with E-state index in [1.54, 1.807) is 0 Å². The van der Waals surface area contributed by atoms with Crippen molar-refractivity contribution in [1.29, 1.82) is 0 Å². The lowest BCUT2D eigenvalue weighted by molar-refractivity contribution is 0.215. The fraction of sp³-hybridized carbons (Fsp3) is 0.0909. The van der Waals surface area contributed by atoms with Crippen LogP contribution in [0.3, 0.4) is 0 Å². The molecule has 0 bridgehead atoms. The third-order valence-corrected chi connectivity index (χ3v) is 9.50. The van der Waals surface area contributed by atoms with Crippen molar-refractivity contribution in [1.82, 2.24) is 5.32 Å². The Bertz CT molecular complexity index is 2110. The molecule has 6 aromatic carbocycles. The van der Waals surface area contributed by atoms with Gasteiger partial charge in [-0.3, -0.25) is 0 Å². The minimum absolute atomic E-state index is 0.862. The molecule has 0 amide bonds. The number of rotatable bonds is 7. The quantitative estimate of drug-likeness (QED) is 0.193. The minimum atomic E-state index is -1.18. The van der Waals surface area contributed by atoms with Crippen LogP contribution in [0.2, 0.25) is 0 Å². The fourth-order valence-electron chi connectivity index (χ4n) is 7.33. The van der Waals surface area contributed by atoms with E-state index >= 15 is 0 Å². The first kappa shape index (κ1) is 29.4. The summed E-state index contributed by atoms with van der Waals surface area (Å²) in [5.41, 5.74) is 9.13. The molecular formula is C44H36N4.